The Morgan fingerprint density at radius 1 is 1.22 bits per heavy atom. The van der Waals surface area contributed by atoms with Crippen LogP contribution in [0.15, 0.2) is 41.2 Å². The molecule has 1 heterocycles. The molecule has 2 N–H and O–H groups in total. The number of hydrogen-bond donors (Lipinski definition) is 2. The summed E-state index contributed by atoms with van der Waals surface area (Å²) < 4.78 is 45.7. The van der Waals surface area contributed by atoms with Gasteiger partial charge in [-0.25, -0.2) is 0 Å². The van der Waals surface area contributed by atoms with Gasteiger partial charge in [-0.05, 0) is 37.1 Å². The van der Waals surface area contributed by atoms with Crippen molar-refractivity contribution in [3.8, 4) is 6.07 Å². The average Bonchev–Trinajstić information content (AvgIpc) is 3.32. The van der Waals surface area contributed by atoms with Gasteiger partial charge >= 0.3 is 6.18 Å². The standard InChI is InChI=1S/C22H23F3N4O3/c1-29(21(14-26)8-3-2-4-9-21)19(30)12-27-18-6-5-16(11-17(18)22(23,24)25)28-20(31)15-7-10-32-13-15/h5-7,10-11,13,27H,2-4,8-9,12H2,1H3,(H,28,31). The maximum absolute atomic E-state index is 13.6. The first kappa shape index (κ1) is 23.2. The molecule has 1 aliphatic rings. The van der Waals surface area contributed by atoms with E-state index < -0.39 is 35.6 Å². The summed E-state index contributed by atoms with van der Waals surface area (Å²) in [6.07, 6.45) is 1.47. The maximum atomic E-state index is 13.6. The third-order valence-corrected chi connectivity index (χ3v) is 5.70. The van der Waals surface area contributed by atoms with Crippen molar-refractivity contribution in [2.24, 2.45) is 0 Å². The Kier molecular flexibility index (Phi) is 6.77. The van der Waals surface area contributed by atoms with Gasteiger partial charge in [0.1, 0.15) is 11.8 Å². The van der Waals surface area contributed by atoms with Gasteiger partial charge in [-0.2, -0.15) is 18.4 Å². The van der Waals surface area contributed by atoms with Crippen molar-refractivity contribution in [3.63, 3.8) is 0 Å². The summed E-state index contributed by atoms with van der Waals surface area (Å²) in [5.41, 5.74) is -2.13. The third kappa shape index (κ3) is 5.04. The van der Waals surface area contributed by atoms with E-state index in [9.17, 15) is 28.0 Å². The summed E-state index contributed by atoms with van der Waals surface area (Å²) in [6, 6.07) is 6.87. The first-order valence-corrected chi connectivity index (χ1v) is 10.1. The second-order valence-electron chi connectivity index (χ2n) is 7.73. The molecule has 1 aromatic carbocycles. The minimum atomic E-state index is -4.72. The maximum Gasteiger partial charge on any atom is 0.418 e. The topological polar surface area (TPSA) is 98.4 Å². The van der Waals surface area contributed by atoms with E-state index in [0.29, 0.717) is 12.8 Å². The van der Waals surface area contributed by atoms with E-state index in [1.807, 2.05) is 0 Å². The molecule has 2 amide bonds. The lowest BCUT2D eigenvalue weighted by Crippen LogP contribution is -2.51. The molecule has 1 saturated carbocycles. The van der Waals surface area contributed by atoms with Crippen LogP contribution < -0.4 is 10.6 Å². The van der Waals surface area contributed by atoms with Crippen LogP contribution in [0.5, 0.6) is 0 Å². The van der Waals surface area contributed by atoms with E-state index in [4.69, 9.17) is 4.42 Å². The fraction of sp³-hybridized carbons (Fsp3) is 0.409. The monoisotopic (exact) mass is 448 g/mol. The Hall–Kier alpha value is -3.48. The number of benzene rings is 1. The third-order valence-electron chi connectivity index (χ3n) is 5.70. The summed E-state index contributed by atoms with van der Waals surface area (Å²) in [7, 11) is 1.51. The molecule has 1 aliphatic carbocycles. The SMILES string of the molecule is CN(C(=O)CNc1ccc(NC(=O)c2ccoc2)cc1C(F)(F)F)C1(C#N)CCCCC1. The largest absolute Gasteiger partial charge is 0.472 e. The zero-order valence-corrected chi connectivity index (χ0v) is 17.5. The number of carbonyl (C=O) groups is 2. The van der Waals surface area contributed by atoms with E-state index >= 15 is 0 Å². The quantitative estimate of drug-likeness (QED) is 0.671. The highest BCUT2D eigenvalue weighted by molar-refractivity contribution is 6.04. The number of likely N-dealkylation sites (N-methyl/N-ethyl adjacent to an activating group) is 1. The molecule has 32 heavy (non-hydrogen) atoms. The summed E-state index contributed by atoms with van der Waals surface area (Å²) in [4.78, 5) is 26.1. The molecule has 170 valence electrons. The molecule has 3 rings (SSSR count). The molecule has 1 aromatic heterocycles. The second kappa shape index (κ2) is 9.34. The van der Waals surface area contributed by atoms with Crippen LogP contribution in [0, 0.1) is 11.3 Å². The first-order valence-electron chi connectivity index (χ1n) is 10.1. The highest BCUT2D eigenvalue weighted by Crippen LogP contribution is 2.37. The first-order chi connectivity index (χ1) is 15.2. The van der Waals surface area contributed by atoms with Gasteiger partial charge in [0.15, 0.2) is 0 Å². The predicted molar refractivity (Wildman–Crippen MR) is 111 cm³/mol. The van der Waals surface area contributed by atoms with E-state index in [0.717, 1.165) is 31.4 Å². The van der Waals surface area contributed by atoms with Gasteiger partial charge in [0.2, 0.25) is 5.91 Å². The molecule has 7 nitrogen and oxygen atoms in total. The van der Waals surface area contributed by atoms with Crippen LogP contribution >= 0.6 is 0 Å². The fourth-order valence-electron chi connectivity index (χ4n) is 3.79. The number of carbonyl (C=O) groups excluding carboxylic acids is 2. The second-order valence-corrected chi connectivity index (χ2v) is 7.73. The van der Waals surface area contributed by atoms with E-state index in [1.165, 1.54) is 36.6 Å². The number of nitrogens with zero attached hydrogens (tertiary/aromatic N) is 2. The normalized spacial score (nSPS) is 15.5. The molecule has 0 aliphatic heterocycles. The van der Waals surface area contributed by atoms with Gasteiger partial charge in [-0.3, -0.25) is 9.59 Å². The van der Waals surface area contributed by atoms with Crippen LogP contribution in [0.2, 0.25) is 0 Å². The highest BCUT2D eigenvalue weighted by atomic mass is 19.4. The van der Waals surface area contributed by atoms with Crippen molar-refractivity contribution in [3.05, 3.63) is 47.9 Å². The van der Waals surface area contributed by atoms with Gasteiger partial charge in [-0.15, -0.1) is 0 Å². The molecule has 1 fully saturated rings. The van der Waals surface area contributed by atoms with Crippen molar-refractivity contribution in [1.29, 1.82) is 5.26 Å². The fourth-order valence-corrected chi connectivity index (χ4v) is 3.79. The molecule has 10 heteroatoms. The number of hydrogen-bond acceptors (Lipinski definition) is 5. The Bertz CT molecular complexity index is 1010. The minimum Gasteiger partial charge on any atom is -0.472 e. The van der Waals surface area contributed by atoms with Crippen molar-refractivity contribution >= 4 is 23.2 Å². The lowest BCUT2D eigenvalue weighted by Gasteiger charge is -2.39. The number of nitriles is 1. The zero-order valence-electron chi connectivity index (χ0n) is 17.5. The van der Waals surface area contributed by atoms with Gasteiger partial charge in [0, 0.05) is 18.4 Å². The number of halogens is 3. The Labute approximate surface area is 183 Å². The predicted octanol–water partition coefficient (Wildman–Crippen LogP) is 4.65. The molecule has 0 bridgehead atoms. The molecule has 0 radical (unpaired) electrons. The molecule has 2 aromatic rings. The number of rotatable bonds is 6. The highest BCUT2D eigenvalue weighted by Gasteiger charge is 2.39. The van der Waals surface area contributed by atoms with Crippen molar-refractivity contribution in [1.82, 2.24) is 4.90 Å². The summed E-state index contributed by atoms with van der Waals surface area (Å²) in [5, 5.41) is 14.5. The summed E-state index contributed by atoms with van der Waals surface area (Å²) in [6.45, 7) is -0.399. The zero-order chi connectivity index (χ0) is 23.4. The smallest absolute Gasteiger partial charge is 0.418 e. The number of nitrogens with one attached hydrogen (secondary N) is 2. The summed E-state index contributed by atoms with van der Waals surface area (Å²) >= 11 is 0. The lowest BCUT2D eigenvalue weighted by molar-refractivity contribution is -0.137. The average molecular weight is 448 g/mol. The Morgan fingerprint density at radius 3 is 2.53 bits per heavy atom. The van der Waals surface area contributed by atoms with Crippen LogP contribution in [0.1, 0.15) is 48.0 Å². The van der Waals surface area contributed by atoms with Crippen LogP contribution in [0.3, 0.4) is 0 Å². The van der Waals surface area contributed by atoms with E-state index in [1.54, 1.807) is 0 Å². The van der Waals surface area contributed by atoms with Gasteiger partial charge < -0.3 is 20.0 Å². The molecule has 0 saturated heterocycles. The molecule has 0 atom stereocenters. The van der Waals surface area contributed by atoms with Crippen LogP contribution in [0.25, 0.3) is 0 Å². The summed E-state index contributed by atoms with van der Waals surface area (Å²) in [5.74, 6) is -1.09. The number of alkyl halides is 3. The van der Waals surface area contributed by atoms with Crippen molar-refractivity contribution in [2.75, 3.05) is 24.2 Å². The minimum absolute atomic E-state index is 0.0526. The van der Waals surface area contributed by atoms with Crippen LogP contribution in [-0.2, 0) is 11.0 Å². The van der Waals surface area contributed by atoms with Gasteiger partial charge in [0.25, 0.3) is 5.91 Å². The van der Waals surface area contributed by atoms with Gasteiger partial charge in [0.05, 0.1) is 30.0 Å². The van der Waals surface area contributed by atoms with Crippen molar-refractivity contribution < 1.29 is 27.2 Å². The van der Waals surface area contributed by atoms with Crippen LogP contribution in [0.4, 0.5) is 24.5 Å². The number of anilines is 2. The Morgan fingerprint density at radius 2 is 1.94 bits per heavy atom. The van der Waals surface area contributed by atoms with Crippen LogP contribution in [-0.4, -0.2) is 35.8 Å². The molecule has 0 spiro atoms. The number of amides is 2. The number of furan rings is 1. The lowest BCUT2D eigenvalue weighted by atomic mass is 9.81. The van der Waals surface area contributed by atoms with E-state index in [-0.39, 0.29) is 16.9 Å². The van der Waals surface area contributed by atoms with E-state index in [2.05, 4.69) is 16.7 Å². The molecular formula is C22H23F3N4O3. The van der Waals surface area contributed by atoms with Crippen molar-refractivity contribution in [2.45, 2.75) is 43.8 Å². The molecular weight excluding hydrogens is 425 g/mol. The molecule has 0 unspecified atom stereocenters. The van der Waals surface area contributed by atoms with Gasteiger partial charge in [-0.1, -0.05) is 19.3 Å². The Balaban J connectivity index is 1.73.